The Bertz CT molecular complexity index is 2120. The van der Waals surface area contributed by atoms with Gasteiger partial charge in [0.25, 0.3) is 0 Å². The number of ketones is 2. The summed E-state index contributed by atoms with van der Waals surface area (Å²) in [6.07, 6.45) is 11.3. The summed E-state index contributed by atoms with van der Waals surface area (Å²) in [5.74, 6) is 7.49. The molecule has 2 aliphatic carbocycles. The number of Topliss-reactive ketones (excluding diaryl/α,β-unsaturated/α-hetero) is 2. The van der Waals surface area contributed by atoms with E-state index in [0.29, 0.717) is 57.5 Å². The SMILES string of the molecule is CCC[C@@H]([C@H]1C[C@H](CC2=CCNC(NCCCO)=C2)C[C@H]2C#C[C@H](c3ccccc3)c3cc(O)c(OC)cc3CCC(=O)CC(=O)[C@@H]2C1)[C@H](O)Cc1cc([C@H](C)CNC[C@H](C)O)c[nH]1. The van der Waals surface area contributed by atoms with Crippen LogP contribution in [-0.2, 0) is 22.4 Å². The van der Waals surface area contributed by atoms with Gasteiger partial charge in [0.2, 0.25) is 0 Å². The molecule has 2 aromatic carbocycles. The fourth-order valence-electron chi connectivity index (χ4n) is 10.2. The number of phenols is 1. The van der Waals surface area contributed by atoms with Crippen LogP contribution in [0.4, 0.5) is 0 Å². The molecule has 1 saturated carbocycles. The van der Waals surface area contributed by atoms with E-state index in [1.165, 1.54) is 12.7 Å². The molecule has 8 N–H and O–H groups in total. The number of ether oxygens (including phenoxy) is 1. The van der Waals surface area contributed by atoms with E-state index in [-0.39, 0.29) is 66.4 Å². The molecule has 0 saturated heterocycles. The van der Waals surface area contributed by atoms with Crippen LogP contribution in [0.15, 0.2) is 78.3 Å². The molecule has 1 fully saturated rings. The molecule has 2 heterocycles. The number of allylic oxidation sites excluding steroid dienone is 2. The van der Waals surface area contributed by atoms with Crippen molar-refractivity contribution in [3.05, 3.63) is 106 Å². The summed E-state index contributed by atoms with van der Waals surface area (Å²) >= 11 is 0. The van der Waals surface area contributed by atoms with Crippen LogP contribution < -0.4 is 20.7 Å². The number of aryl methyl sites for hydroxylation is 1. The highest BCUT2D eigenvalue weighted by Gasteiger charge is 2.41. The first-order chi connectivity index (χ1) is 31.0. The van der Waals surface area contributed by atoms with Crippen LogP contribution in [0.1, 0.15) is 118 Å². The van der Waals surface area contributed by atoms with E-state index in [0.717, 1.165) is 66.0 Å². The minimum absolute atomic E-state index is 0.00485. The zero-order valence-corrected chi connectivity index (χ0v) is 38.4. The molecule has 64 heavy (non-hydrogen) atoms. The lowest BCUT2D eigenvalue weighted by Gasteiger charge is -2.33. The van der Waals surface area contributed by atoms with Gasteiger partial charge in [-0.3, -0.25) is 9.59 Å². The minimum Gasteiger partial charge on any atom is -0.504 e. The highest BCUT2D eigenvalue weighted by atomic mass is 16.5. The van der Waals surface area contributed by atoms with Gasteiger partial charge in [0.05, 0.1) is 37.5 Å². The number of hydrogen-bond donors (Lipinski definition) is 8. The van der Waals surface area contributed by atoms with Crippen molar-refractivity contribution in [3.63, 3.8) is 0 Å². The third-order valence-corrected chi connectivity index (χ3v) is 13.6. The number of nitrogens with one attached hydrogen (secondary N) is 4. The topological polar surface area (TPSA) is 176 Å². The summed E-state index contributed by atoms with van der Waals surface area (Å²) in [4.78, 5) is 32.0. The number of aliphatic hydroxyl groups is 3. The largest absolute Gasteiger partial charge is 0.504 e. The Morgan fingerprint density at radius 1 is 1.00 bits per heavy atom. The van der Waals surface area contributed by atoms with Crippen molar-refractivity contribution in [2.45, 2.75) is 115 Å². The second kappa shape index (κ2) is 23.9. The molecule has 1 aliphatic heterocycles. The number of benzene rings is 2. The Morgan fingerprint density at radius 2 is 1.81 bits per heavy atom. The number of carbonyl (C=O) groups excluding carboxylic acids is 2. The number of phenolic OH excluding ortho intramolecular Hbond substituents is 1. The molecule has 1 aromatic heterocycles. The van der Waals surface area contributed by atoms with E-state index in [1.807, 2.05) is 36.5 Å². The smallest absolute Gasteiger partial charge is 0.160 e. The first kappa shape index (κ1) is 48.6. The van der Waals surface area contributed by atoms with Crippen molar-refractivity contribution >= 4 is 11.6 Å². The summed E-state index contributed by atoms with van der Waals surface area (Å²) in [7, 11) is 1.51. The molecule has 9 atom stereocenters. The fraction of sp³-hybridized carbons (Fsp3) is 0.547. The first-order valence-electron chi connectivity index (χ1n) is 23.7. The van der Waals surface area contributed by atoms with Gasteiger partial charge in [-0.05, 0) is 128 Å². The Balaban J connectivity index is 1.38. The Morgan fingerprint density at radius 3 is 2.56 bits per heavy atom. The number of H-pyrrole nitrogens is 1. The number of dihydropyridines is 1. The minimum atomic E-state index is -0.657. The van der Waals surface area contributed by atoms with Gasteiger partial charge in [-0.2, -0.15) is 0 Å². The maximum absolute atomic E-state index is 14.7. The van der Waals surface area contributed by atoms with Gasteiger partial charge in [0.1, 0.15) is 11.6 Å². The number of aromatic amines is 1. The van der Waals surface area contributed by atoms with Crippen LogP contribution in [0, 0.1) is 41.4 Å². The van der Waals surface area contributed by atoms with Gasteiger partial charge in [-0.15, -0.1) is 0 Å². The highest BCUT2D eigenvalue weighted by molar-refractivity contribution is 6.00. The summed E-state index contributed by atoms with van der Waals surface area (Å²) in [5.41, 5.74) is 5.95. The van der Waals surface area contributed by atoms with Gasteiger partial charge in [-0.25, -0.2) is 0 Å². The average Bonchev–Trinajstić information content (AvgIpc) is 3.67. The van der Waals surface area contributed by atoms with Gasteiger partial charge in [0.15, 0.2) is 11.5 Å². The number of fused-ring (bicyclic) bond motifs is 2. The van der Waals surface area contributed by atoms with E-state index >= 15 is 0 Å². The van der Waals surface area contributed by atoms with Crippen LogP contribution in [-0.4, -0.2) is 89.1 Å². The van der Waals surface area contributed by atoms with Crippen molar-refractivity contribution < 1.29 is 34.8 Å². The quantitative estimate of drug-likeness (QED) is 0.0363. The zero-order valence-electron chi connectivity index (χ0n) is 38.4. The number of hydrogen-bond acceptors (Lipinski definition) is 10. The predicted molar refractivity (Wildman–Crippen MR) is 252 cm³/mol. The van der Waals surface area contributed by atoms with E-state index in [4.69, 9.17) is 4.74 Å². The summed E-state index contributed by atoms with van der Waals surface area (Å²) in [6, 6.07) is 15.7. The molecule has 0 spiro atoms. The zero-order chi connectivity index (χ0) is 45.6. The van der Waals surface area contributed by atoms with E-state index in [9.17, 15) is 30.0 Å². The number of carbonyl (C=O) groups is 2. The maximum Gasteiger partial charge on any atom is 0.160 e. The number of aromatic hydroxyl groups is 1. The van der Waals surface area contributed by atoms with E-state index in [2.05, 4.69) is 64.8 Å². The van der Waals surface area contributed by atoms with Crippen molar-refractivity contribution in [1.29, 1.82) is 0 Å². The molecule has 6 rings (SSSR count). The number of rotatable bonds is 19. The molecule has 0 bridgehead atoms. The Labute approximate surface area is 380 Å². The normalized spacial score (nSPS) is 23.5. The number of methoxy groups -OCH3 is 1. The molecule has 11 heteroatoms. The van der Waals surface area contributed by atoms with Crippen LogP contribution in [0.5, 0.6) is 11.5 Å². The number of aromatic nitrogens is 1. The van der Waals surface area contributed by atoms with Gasteiger partial charge < -0.3 is 46.1 Å². The predicted octanol–water partition coefficient (Wildman–Crippen LogP) is 6.81. The summed E-state index contributed by atoms with van der Waals surface area (Å²) in [6.45, 7) is 8.78. The van der Waals surface area contributed by atoms with Crippen molar-refractivity contribution in [1.82, 2.24) is 20.9 Å². The van der Waals surface area contributed by atoms with Gasteiger partial charge in [0, 0.05) is 69.4 Å². The average molecular weight is 877 g/mol. The first-order valence-corrected chi connectivity index (χ1v) is 23.7. The van der Waals surface area contributed by atoms with Crippen molar-refractivity contribution in [2.75, 3.05) is 39.9 Å². The van der Waals surface area contributed by atoms with Crippen molar-refractivity contribution in [3.8, 4) is 23.3 Å². The Kier molecular flexibility index (Phi) is 18.1. The standard InChI is InChI=1S/C53H72N4O7/c1-5-10-46(49(61)28-43-25-42(33-57-43)34(2)31-54-32-35(3)59)41-23-37(21-36-17-19-56-53(24-36)55-18-9-20-58)22-39-14-16-45(38-11-7-6-8-12-38)47-30-51(63)52(64-4)27-40(47)13-15-44(60)29-50(62)48(39)26-41/h6-8,11-12,17,24-25,27,30,33-35,37,39,41,45-46,48-49,54-59,61,63H,5,9-10,13,15,18-23,26,28-29,31-32H2,1-4H3/t34-,35+,37-,39-,41+,45-,46+,48-,49-/m1/s1. The third kappa shape index (κ3) is 13.4. The molecule has 0 unspecified atom stereocenters. The van der Waals surface area contributed by atoms with E-state index in [1.54, 1.807) is 19.1 Å². The molecular weight excluding hydrogens is 805 g/mol. The van der Waals surface area contributed by atoms with Gasteiger partial charge in [-0.1, -0.05) is 68.5 Å². The van der Waals surface area contributed by atoms with Crippen LogP contribution in [0.25, 0.3) is 0 Å². The van der Waals surface area contributed by atoms with Crippen LogP contribution in [0.2, 0.25) is 0 Å². The maximum atomic E-state index is 14.7. The lowest BCUT2D eigenvalue weighted by molar-refractivity contribution is -0.130. The lowest BCUT2D eigenvalue weighted by Crippen LogP contribution is -2.33. The molecule has 0 amide bonds. The van der Waals surface area contributed by atoms with E-state index < -0.39 is 24.0 Å². The lowest BCUT2D eigenvalue weighted by atomic mass is 9.73. The molecular formula is C53H72N4O7. The highest BCUT2D eigenvalue weighted by Crippen LogP contribution is 2.45. The second-order valence-corrected chi connectivity index (χ2v) is 18.6. The fourth-order valence-corrected chi connectivity index (χ4v) is 10.2. The molecule has 3 aromatic rings. The molecule has 0 radical (unpaired) electrons. The van der Waals surface area contributed by atoms with Crippen LogP contribution >= 0.6 is 0 Å². The van der Waals surface area contributed by atoms with Crippen molar-refractivity contribution in [2.24, 2.45) is 29.6 Å². The molecule has 11 nitrogen and oxygen atoms in total. The number of aliphatic hydroxyl groups excluding tert-OH is 3. The third-order valence-electron chi connectivity index (χ3n) is 13.6. The monoisotopic (exact) mass is 877 g/mol. The van der Waals surface area contributed by atoms with Crippen LogP contribution in [0.3, 0.4) is 0 Å². The van der Waals surface area contributed by atoms with Gasteiger partial charge >= 0.3 is 0 Å². The molecule has 346 valence electrons. The summed E-state index contributed by atoms with van der Waals surface area (Å²) < 4.78 is 5.50. The summed E-state index contributed by atoms with van der Waals surface area (Å²) in [5, 5.41) is 52.6. The second-order valence-electron chi connectivity index (χ2n) is 18.6. The molecule has 3 aliphatic rings. The Hall–Kier alpha value is -4.86.